The Balaban J connectivity index is 2.25. The molecule has 0 amide bonds. The minimum Gasteiger partial charge on any atom is -0.495 e. The smallest absolute Gasteiger partial charge is 0.101 e. The summed E-state index contributed by atoms with van der Waals surface area (Å²) in [6, 6.07) is 0. The first-order chi connectivity index (χ1) is 6.20. The van der Waals surface area contributed by atoms with Gasteiger partial charge in [-0.3, -0.25) is 0 Å². The molecular formula is C11H18O2. The van der Waals surface area contributed by atoms with Gasteiger partial charge in [-0.1, -0.05) is 6.92 Å². The van der Waals surface area contributed by atoms with E-state index in [1.807, 2.05) is 6.92 Å². The van der Waals surface area contributed by atoms with Gasteiger partial charge in [0.1, 0.15) is 6.10 Å². The van der Waals surface area contributed by atoms with Crippen molar-refractivity contribution in [3.05, 3.63) is 11.3 Å². The molecule has 1 aliphatic carbocycles. The predicted octanol–water partition coefficient (Wildman–Crippen LogP) is 2.23. The molecule has 0 aromatic rings. The van der Waals surface area contributed by atoms with Crippen molar-refractivity contribution in [3.63, 3.8) is 0 Å². The molecule has 1 heterocycles. The molecule has 0 unspecified atom stereocenters. The summed E-state index contributed by atoms with van der Waals surface area (Å²) >= 11 is 0. The molecule has 13 heavy (non-hydrogen) atoms. The van der Waals surface area contributed by atoms with Gasteiger partial charge in [0.15, 0.2) is 0 Å². The topological polar surface area (TPSA) is 29.5 Å². The average Bonchev–Trinajstić information content (AvgIpc) is 2.15. The molecule has 0 fully saturated rings. The molecule has 0 saturated carbocycles. The lowest BCUT2D eigenvalue weighted by Gasteiger charge is -2.37. The number of rotatable bonds is 0. The van der Waals surface area contributed by atoms with Gasteiger partial charge in [0.05, 0.1) is 11.9 Å². The van der Waals surface area contributed by atoms with Crippen molar-refractivity contribution >= 4 is 0 Å². The summed E-state index contributed by atoms with van der Waals surface area (Å²) in [4.78, 5) is 0. The van der Waals surface area contributed by atoms with Gasteiger partial charge < -0.3 is 9.84 Å². The van der Waals surface area contributed by atoms with E-state index in [0.717, 1.165) is 18.6 Å². The van der Waals surface area contributed by atoms with Crippen molar-refractivity contribution in [3.8, 4) is 0 Å². The Bertz CT molecular complexity index is 232. The highest BCUT2D eigenvalue weighted by molar-refractivity contribution is 5.20. The third-order valence-electron chi connectivity index (χ3n) is 3.38. The first-order valence-electron chi connectivity index (χ1n) is 5.27. The minimum atomic E-state index is -0.251. The molecule has 0 spiro atoms. The van der Waals surface area contributed by atoms with Crippen LogP contribution in [-0.4, -0.2) is 17.3 Å². The zero-order valence-corrected chi connectivity index (χ0v) is 8.42. The minimum absolute atomic E-state index is 0.173. The average molecular weight is 182 g/mol. The third kappa shape index (κ3) is 1.48. The number of hydrogen-bond acceptors (Lipinski definition) is 2. The highest BCUT2D eigenvalue weighted by Gasteiger charge is 2.34. The van der Waals surface area contributed by atoms with Crippen LogP contribution in [0.4, 0.5) is 0 Å². The summed E-state index contributed by atoms with van der Waals surface area (Å²) in [6.45, 7) is 4.11. The SMILES string of the molecule is C[C@H]1[C@H](O)C2=C(CCCC2)O[C@@H]1C. The van der Waals surface area contributed by atoms with Crippen molar-refractivity contribution in [2.24, 2.45) is 5.92 Å². The van der Waals surface area contributed by atoms with Crippen molar-refractivity contribution in [2.75, 3.05) is 0 Å². The third-order valence-corrected chi connectivity index (χ3v) is 3.38. The number of aliphatic hydroxyl groups is 1. The Hall–Kier alpha value is -0.500. The van der Waals surface area contributed by atoms with Crippen LogP contribution in [0.25, 0.3) is 0 Å². The largest absolute Gasteiger partial charge is 0.495 e. The second-order valence-electron chi connectivity index (χ2n) is 4.28. The lowest BCUT2D eigenvalue weighted by molar-refractivity contribution is -0.0124. The van der Waals surface area contributed by atoms with Gasteiger partial charge in [0.25, 0.3) is 0 Å². The van der Waals surface area contributed by atoms with E-state index in [-0.39, 0.29) is 18.1 Å². The molecule has 2 nitrogen and oxygen atoms in total. The fourth-order valence-electron chi connectivity index (χ4n) is 2.25. The molecule has 0 bridgehead atoms. The monoisotopic (exact) mass is 182 g/mol. The van der Waals surface area contributed by atoms with E-state index < -0.39 is 0 Å². The molecule has 74 valence electrons. The normalized spacial score (nSPS) is 39.8. The van der Waals surface area contributed by atoms with E-state index in [9.17, 15) is 5.11 Å². The van der Waals surface area contributed by atoms with Crippen molar-refractivity contribution in [2.45, 2.75) is 51.7 Å². The summed E-state index contributed by atoms with van der Waals surface area (Å²) in [7, 11) is 0. The van der Waals surface area contributed by atoms with Gasteiger partial charge >= 0.3 is 0 Å². The van der Waals surface area contributed by atoms with Crippen LogP contribution in [0.1, 0.15) is 39.5 Å². The van der Waals surface area contributed by atoms with E-state index in [1.54, 1.807) is 0 Å². The standard InChI is InChI=1S/C11H18O2/c1-7-8(2)13-10-6-4-3-5-9(10)11(7)12/h7-8,11-12H,3-6H2,1-2H3/t7-,8-,11+/m1/s1. The molecule has 0 radical (unpaired) electrons. The first kappa shape index (κ1) is 9.07. The highest BCUT2D eigenvalue weighted by Crippen LogP contribution is 2.36. The zero-order valence-electron chi connectivity index (χ0n) is 8.42. The lowest BCUT2D eigenvalue weighted by Crippen LogP contribution is -2.37. The second-order valence-corrected chi connectivity index (χ2v) is 4.28. The number of hydrogen-bond donors (Lipinski definition) is 1. The van der Waals surface area contributed by atoms with Crippen molar-refractivity contribution in [1.82, 2.24) is 0 Å². The van der Waals surface area contributed by atoms with Gasteiger partial charge in [-0.05, 0) is 31.8 Å². The van der Waals surface area contributed by atoms with E-state index in [4.69, 9.17) is 4.74 Å². The van der Waals surface area contributed by atoms with Crippen molar-refractivity contribution < 1.29 is 9.84 Å². The Morgan fingerprint density at radius 2 is 1.92 bits per heavy atom. The molecule has 1 N–H and O–H groups in total. The zero-order chi connectivity index (χ0) is 9.42. The summed E-state index contributed by atoms with van der Waals surface area (Å²) in [5, 5.41) is 10.0. The quantitative estimate of drug-likeness (QED) is 0.622. The molecule has 3 atom stereocenters. The molecule has 2 aliphatic rings. The summed E-state index contributed by atoms with van der Waals surface area (Å²) in [5.41, 5.74) is 1.18. The molecule has 2 rings (SSSR count). The number of allylic oxidation sites excluding steroid dienone is 1. The van der Waals surface area contributed by atoms with Crippen LogP contribution in [0.15, 0.2) is 11.3 Å². The Morgan fingerprint density at radius 3 is 2.69 bits per heavy atom. The van der Waals surface area contributed by atoms with Crippen molar-refractivity contribution in [1.29, 1.82) is 0 Å². The van der Waals surface area contributed by atoms with E-state index in [2.05, 4.69) is 6.92 Å². The highest BCUT2D eigenvalue weighted by atomic mass is 16.5. The first-order valence-corrected chi connectivity index (χ1v) is 5.27. The van der Waals surface area contributed by atoms with E-state index >= 15 is 0 Å². The van der Waals surface area contributed by atoms with E-state index in [1.165, 1.54) is 18.4 Å². The van der Waals surface area contributed by atoms with Crippen LogP contribution >= 0.6 is 0 Å². The Morgan fingerprint density at radius 1 is 1.23 bits per heavy atom. The summed E-state index contributed by atoms with van der Waals surface area (Å²) in [6.07, 6.45) is 4.41. The van der Waals surface area contributed by atoms with Gasteiger partial charge in [0, 0.05) is 12.3 Å². The molecule has 1 aliphatic heterocycles. The van der Waals surface area contributed by atoms with Crippen LogP contribution < -0.4 is 0 Å². The molecular weight excluding hydrogens is 164 g/mol. The van der Waals surface area contributed by atoms with Gasteiger partial charge in [-0.25, -0.2) is 0 Å². The van der Waals surface area contributed by atoms with Crippen LogP contribution in [0, 0.1) is 5.92 Å². The molecule has 0 saturated heterocycles. The summed E-state index contributed by atoms with van der Waals surface area (Å²) < 4.78 is 5.79. The van der Waals surface area contributed by atoms with Gasteiger partial charge in [0.2, 0.25) is 0 Å². The van der Waals surface area contributed by atoms with Crippen LogP contribution in [0.3, 0.4) is 0 Å². The van der Waals surface area contributed by atoms with Gasteiger partial charge in [-0.2, -0.15) is 0 Å². The van der Waals surface area contributed by atoms with Crippen LogP contribution in [0.2, 0.25) is 0 Å². The molecule has 0 aromatic carbocycles. The maximum Gasteiger partial charge on any atom is 0.101 e. The van der Waals surface area contributed by atoms with E-state index in [0.29, 0.717) is 0 Å². The Kier molecular flexibility index (Phi) is 2.33. The molecule has 0 aromatic heterocycles. The van der Waals surface area contributed by atoms with Crippen LogP contribution in [-0.2, 0) is 4.74 Å². The maximum atomic E-state index is 10.0. The number of aliphatic hydroxyl groups excluding tert-OH is 1. The predicted molar refractivity (Wildman–Crippen MR) is 51.2 cm³/mol. The fraction of sp³-hybridized carbons (Fsp3) is 0.818. The number of ether oxygens (including phenoxy) is 1. The van der Waals surface area contributed by atoms with Gasteiger partial charge in [-0.15, -0.1) is 0 Å². The lowest BCUT2D eigenvalue weighted by atomic mass is 9.83. The summed E-state index contributed by atoms with van der Waals surface area (Å²) in [5.74, 6) is 1.33. The Labute approximate surface area is 79.6 Å². The fourth-order valence-corrected chi connectivity index (χ4v) is 2.25. The van der Waals surface area contributed by atoms with Crippen LogP contribution in [0.5, 0.6) is 0 Å². The maximum absolute atomic E-state index is 10.0. The second kappa shape index (κ2) is 3.33. The molecule has 2 heteroatoms.